The first-order valence-electron chi connectivity index (χ1n) is 9.20. The monoisotopic (exact) mass is 450 g/mol. The minimum absolute atomic E-state index is 0.0642. The van der Waals surface area contributed by atoms with E-state index in [0.29, 0.717) is 24.2 Å². The van der Waals surface area contributed by atoms with Crippen LogP contribution in [0.5, 0.6) is 0 Å². The fourth-order valence-electron chi connectivity index (χ4n) is 2.49. The quantitative estimate of drug-likeness (QED) is 0.283. The zero-order valence-corrected chi connectivity index (χ0v) is 17.7. The van der Waals surface area contributed by atoms with Crippen LogP contribution in [0, 0.1) is 0 Å². The van der Waals surface area contributed by atoms with Gasteiger partial charge in [0.15, 0.2) is 11.7 Å². The predicted octanol–water partition coefficient (Wildman–Crippen LogP) is -1.07. The fourth-order valence-corrected chi connectivity index (χ4v) is 3.16. The average molecular weight is 450 g/mol. The van der Waals surface area contributed by atoms with Gasteiger partial charge in [-0.3, -0.25) is 30.6 Å². The molecule has 5 N–H and O–H groups in total. The Bertz CT molecular complexity index is 960. The molecule has 0 saturated carbocycles. The lowest BCUT2D eigenvalue weighted by atomic mass is 10.3. The van der Waals surface area contributed by atoms with Gasteiger partial charge in [0, 0.05) is 33.1 Å². The Balaban J connectivity index is 1.76. The topological polar surface area (TPSA) is 181 Å². The van der Waals surface area contributed by atoms with Gasteiger partial charge in [-0.2, -0.15) is 15.0 Å². The van der Waals surface area contributed by atoms with Crippen molar-refractivity contribution < 1.29 is 19.1 Å². The van der Waals surface area contributed by atoms with Crippen molar-refractivity contribution in [1.82, 2.24) is 30.3 Å². The van der Waals surface area contributed by atoms with Gasteiger partial charge < -0.3 is 20.3 Å². The molecule has 2 aromatic heterocycles. The first-order valence-corrected chi connectivity index (χ1v) is 10.0. The Hall–Kier alpha value is -3.59. The molecular weight excluding hydrogens is 428 g/mol. The van der Waals surface area contributed by atoms with E-state index in [9.17, 15) is 14.4 Å². The number of hydrazine groups is 1. The number of nitrogens with two attached hydrogens (primary N) is 1. The summed E-state index contributed by atoms with van der Waals surface area (Å²) in [7, 11) is 2.03. The molecule has 1 saturated heterocycles. The van der Waals surface area contributed by atoms with E-state index in [-0.39, 0.29) is 16.8 Å². The maximum absolute atomic E-state index is 11.8. The van der Waals surface area contributed by atoms with E-state index in [1.54, 1.807) is 0 Å². The maximum atomic E-state index is 11.8. The van der Waals surface area contributed by atoms with Gasteiger partial charge in [-0.15, -0.1) is 0 Å². The summed E-state index contributed by atoms with van der Waals surface area (Å²) in [5, 5.41) is 3.28. The Morgan fingerprint density at radius 1 is 1.16 bits per heavy atom. The van der Waals surface area contributed by atoms with Crippen molar-refractivity contribution in [3.05, 3.63) is 11.1 Å². The summed E-state index contributed by atoms with van der Waals surface area (Å²) in [6, 6.07) is 0. The number of nitrogens with zero attached hydrogens (tertiary/aromatic N) is 6. The van der Waals surface area contributed by atoms with Crippen LogP contribution < -0.4 is 26.8 Å². The Kier molecular flexibility index (Phi) is 7.09. The number of aromatic nitrogens is 4. The standard InChI is InChI=1S/C16H22N10O4S/c1-9(27)30-8-11(28)23-24-14-19-13(22-16-18-7-10(31-16)12(17)29)20-15(21-14)26-5-3-25(2)4-6-26/h7H,3-6,8H2,1-2H3,(H2,17,29)(H,23,28)(H2,18,19,20,21,22,24). The van der Waals surface area contributed by atoms with Gasteiger partial charge in [-0.1, -0.05) is 11.3 Å². The molecule has 166 valence electrons. The van der Waals surface area contributed by atoms with Gasteiger partial charge in [0.25, 0.3) is 11.8 Å². The highest BCUT2D eigenvalue weighted by Gasteiger charge is 2.19. The van der Waals surface area contributed by atoms with Crippen LogP contribution in [-0.4, -0.2) is 82.5 Å². The number of primary amides is 1. The van der Waals surface area contributed by atoms with Crippen molar-refractivity contribution in [2.45, 2.75) is 6.92 Å². The SMILES string of the molecule is CC(=O)OCC(=O)NNc1nc(Nc2ncc(C(N)=O)s2)nc(N2CCN(C)CC2)n1. The molecule has 1 aliphatic rings. The summed E-state index contributed by atoms with van der Waals surface area (Å²) in [6.07, 6.45) is 1.35. The molecular formula is C16H22N10O4S. The van der Waals surface area contributed by atoms with Crippen LogP contribution in [0.25, 0.3) is 0 Å². The van der Waals surface area contributed by atoms with E-state index in [1.807, 2.05) is 11.9 Å². The number of nitrogens with one attached hydrogen (secondary N) is 3. The predicted molar refractivity (Wildman–Crippen MR) is 112 cm³/mol. The number of piperazine rings is 1. The van der Waals surface area contributed by atoms with E-state index >= 15 is 0 Å². The second-order valence-corrected chi connectivity index (χ2v) is 7.58. The van der Waals surface area contributed by atoms with Crippen LogP contribution >= 0.6 is 11.3 Å². The van der Waals surface area contributed by atoms with Gasteiger partial charge in [0.05, 0.1) is 6.20 Å². The van der Waals surface area contributed by atoms with Crippen LogP contribution in [0.3, 0.4) is 0 Å². The van der Waals surface area contributed by atoms with Gasteiger partial charge >= 0.3 is 5.97 Å². The third-order valence-electron chi connectivity index (χ3n) is 4.10. The normalized spacial score (nSPS) is 14.1. The third kappa shape index (κ3) is 6.45. The number of ether oxygens (including phenoxy) is 1. The first kappa shape index (κ1) is 22.1. The lowest BCUT2D eigenvalue weighted by molar-refractivity contribution is -0.146. The number of esters is 1. The zero-order chi connectivity index (χ0) is 22.4. The van der Waals surface area contributed by atoms with Gasteiger partial charge in [-0.05, 0) is 7.05 Å². The summed E-state index contributed by atoms with van der Waals surface area (Å²) >= 11 is 1.05. The molecule has 0 aromatic carbocycles. The molecule has 0 unspecified atom stereocenters. The second kappa shape index (κ2) is 9.94. The number of rotatable bonds is 8. The molecule has 0 radical (unpaired) electrons. The van der Waals surface area contributed by atoms with Crippen molar-refractivity contribution in [2.24, 2.45) is 5.73 Å². The smallest absolute Gasteiger partial charge is 0.303 e. The van der Waals surface area contributed by atoms with E-state index in [0.717, 1.165) is 24.4 Å². The van der Waals surface area contributed by atoms with Crippen molar-refractivity contribution in [2.75, 3.05) is 55.5 Å². The van der Waals surface area contributed by atoms with Gasteiger partial charge in [-0.25, -0.2) is 4.98 Å². The third-order valence-corrected chi connectivity index (χ3v) is 5.02. The number of carbonyl (C=O) groups excluding carboxylic acids is 3. The van der Waals surface area contributed by atoms with E-state index < -0.39 is 24.4 Å². The molecule has 0 spiro atoms. The minimum Gasteiger partial charge on any atom is -0.456 e. The molecule has 1 aliphatic heterocycles. The van der Waals surface area contributed by atoms with Crippen LogP contribution in [0.4, 0.5) is 23.0 Å². The molecule has 14 nitrogen and oxygen atoms in total. The highest BCUT2D eigenvalue weighted by Crippen LogP contribution is 2.22. The van der Waals surface area contributed by atoms with Crippen LogP contribution in [0.2, 0.25) is 0 Å². The summed E-state index contributed by atoms with van der Waals surface area (Å²) in [4.78, 5) is 55.4. The molecule has 0 atom stereocenters. The molecule has 2 aromatic rings. The highest BCUT2D eigenvalue weighted by molar-refractivity contribution is 7.17. The van der Waals surface area contributed by atoms with Crippen molar-refractivity contribution >= 4 is 52.1 Å². The molecule has 3 heterocycles. The second-order valence-electron chi connectivity index (χ2n) is 6.55. The average Bonchev–Trinajstić information content (AvgIpc) is 3.20. The van der Waals surface area contributed by atoms with Crippen LogP contribution in [0.1, 0.15) is 16.6 Å². The fraction of sp³-hybridized carbons (Fsp3) is 0.438. The minimum atomic E-state index is -0.586. The molecule has 15 heteroatoms. The Morgan fingerprint density at radius 3 is 2.52 bits per heavy atom. The first-order chi connectivity index (χ1) is 14.8. The number of hydrogen-bond donors (Lipinski definition) is 4. The van der Waals surface area contributed by atoms with E-state index in [2.05, 4.69) is 45.7 Å². The van der Waals surface area contributed by atoms with Crippen molar-refractivity contribution in [3.63, 3.8) is 0 Å². The van der Waals surface area contributed by atoms with E-state index in [4.69, 9.17) is 5.73 Å². The lowest BCUT2D eigenvalue weighted by Crippen LogP contribution is -2.45. The number of amides is 2. The number of anilines is 4. The molecule has 0 aliphatic carbocycles. The van der Waals surface area contributed by atoms with Crippen LogP contribution in [0.15, 0.2) is 6.20 Å². The summed E-state index contributed by atoms with van der Waals surface area (Å²) in [5.74, 6) is -1.12. The summed E-state index contributed by atoms with van der Waals surface area (Å²) in [5.41, 5.74) is 10.2. The highest BCUT2D eigenvalue weighted by atomic mass is 32.1. The lowest BCUT2D eigenvalue weighted by Gasteiger charge is -2.32. The largest absolute Gasteiger partial charge is 0.456 e. The summed E-state index contributed by atoms with van der Waals surface area (Å²) in [6.45, 7) is 3.85. The molecule has 2 amide bonds. The van der Waals surface area contributed by atoms with Crippen molar-refractivity contribution in [3.8, 4) is 0 Å². The van der Waals surface area contributed by atoms with E-state index in [1.165, 1.54) is 13.1 Å². The van der Waals surface area contributed by atoms with Crippen molar-refractivity contribution in [1.29, 1.82) is 0 Å². The number of carbonyl (C=O) groups is 3. The maximum Gasteiger partial charge on any atom is 0.303 e. The van der Waals surface area contributed by atoms with Gasteiger partial charge in [0.2, 0.25) is 17.8 Å². The molecule has 0 bridgehead atoms. The number of thiazole rings is 1. The Morgan fingerprint density at radius 2 is 1.87 bits per heavy atom. The molecule has 31 heavy (non-hydrogen) atoms. The van der Waals surface area contributed by atoms with Gasteiger partial charge in [0.1, 0.15) is 4.88 Å². The molecule has 1 fully saturated rings. The van der Waals surface area contributed by atoms with Crippen LogP contribution in [-0.2, 0) is 14.3 Å². The Labute approximate surface area is 181 Å². The zero-order valence-electron chi connectivity index (χ0n) is 16.9. The summed E-state index contributed by atoms with van der Waals surface area (Å²) < 4.78 is 4.63. The number of likely N-dealkylation sites (N-methyl/N-ethyl adjacent to an activating group) is 1. The molecule has 3 rings (SSSR count). The number of hydrogen-bond acceptors (Lipinski definition) is 13.